The van der Waals surface area contributed by atoms with Gasteiger partial charge in [-0.2, -0.15) is 0 Å². The van der Waals surface area contributed by atoms with Crippen molar-refractivity contribution in [2.45, 2.75) is 40.0 Å². The number of Topliss-reactive ketones (excluding diaryl/α,β-unsaturated/α-hetero) is 2. The van der Waals surface area contributed by atoms with Gasteiger partial charge in [-0.3, -0.25) is 9.59 Å². The predicted molar refractivity (Wildman–Crippen MR) is 48.0 cm³/mol. The van der Waals surface area contributed by atoms with Crippen LogP contribution in [0.2, 0.25) is 0 Å². The second-order valence-electron chi connectivity index (χ2n) is 2.66. The van der Waals surface area contributed by atoms with Crippen molar-refractivity contribution in [1.82, 2.24) is 0 Å². The Hall–Kier alpha value is 0.183. The zero-order valence-electron chi connectivity index (χ0n) is 8.59. The summed E-state index contributed by atoms with van der Waals surface area (Å²) in [5.74, 6) is -0.125. The van der Waals surface area contributed by atoms with Crippen molar-refractivity contribution in [3.63, 3.8) is 0 Å². The van der Waals surface area contributed by atoms with Crippen LogP contribution in [0, 0.1) is 0 Å². The standard InChI is InChI=1S/C5H8O2.C4H10O.Zr/c1-4(6)3-5(2)7;1-2-3-4-5;/h3H2,1-2H3;5H,2-4H2,1H3;. The molecule has 0 spiro atoms. The minimum atomic E-state index is -0.0625. The van der Waals surface area contributed by atoms with Crippen LogP contribution in [0.25, 0.3) is 0 Å². The van der Waals surface area contributed by atoms with Crippen LogP contribution < -0.4 is 0 Å². The van der Waals surface area contributed by atoms with E-state index in [1.165, 1.54) is 13.8 Å². The zero-order chi connectivity index (χ0) is 9.98. The number of aliphatic hydroxyl groups is 1. The molecule has 0 aliphatic rings. The average Bonchev–Trinajstić information content (AvgIpc) is 1.87. The maximum absolute atomic E-state index is 10.0. The molecule has 0 amide bonds. The molecule has 0 saturated heterocycles. The quantitative estimate of drug-likeness (QED) is 0.780. The van der Waals surface area contributed by atoms with Gasteiger partial charge < -0.3 is 5.11 Å². The molecule has 0 aliphatic heterocycles. The fraction of sp³-hybridized carbons (Fsp3) is 0.778. The first-order valence-electron chi connectivity index (χ1n) is 4.14. The molecule has 0 fully saturated rings. The summed E-state index contributed by atoms with van der Waals surface area (Å²) in [6.07, 6.45) is 2.12. The van der Waals surface area contributed by atoms with Gasteiger partial charge in [0.05, 0.1) is 6.42 Å². The molecule has 0 rings (SSSR count). The molecule has 0 aromatic carbocycles. The van der Waals surface area contributed by atoms with E-state index in [1.807, 2.05) is 0 Å². The summed E-state index contributed by atoms with van der Waals surface area (Å²) in [6, 6.07) is 0. The van der Waals surface area contributed by atoms with Gasteiger partial charge in [0.1, 0.15) is 11.6 Å². The summed E-state index contributed by atoms with van der Waals surface area (Å²) < 4.78 is 0. The Morgan fingerprint density at radius 3 is 1.54 bits per heavy atom. The number of rotatable bonds is 4. The van der Waals surface area contributed by atoms with Gasteiger partial charge in [-0.1, -0.05) is 13.3 Å². The Kier molecular flexibility index (Phi) is 21.3. The maximum Gasteiger partial charge on any atom is 0.137 e. The molecule has 0 saturated carbocycles. The first-order valence-corrected chi connectivity index (χ1v) is 4.14. The number of ketones is 2. The van der Waals surface area contributed by atoms with Crippen LogP contribution in [0.4, 0.5) is 0 Å². The predicted octanol–water partition coefficient (Wildman–Crippen LogP) is 1.33. The van der Waals surface area contributed by atoms with Gasteiger partial charge in [-0.05, 0) is 20.3 Å². The van der Waals surface area contributed by atoms with E-state index in [9.17, 15) is 9.59 Å². The second-order valence-corrected chi connectivity index (χ2v) is 2.66. The van der Waals surface area contributed by atoms with Crippen LogP contribution >= 0.6 is 0 Å². The first-order chi connectivity index (χ1) is 5.54. The molecule has 13 heavy (non-hydrogen) atoms. The molecule has 0 atom stereocenters. The molecule has 4 heteroatoms. The van der Waals surface area contributed by atoms with Gasteiger partial charge in [0, 0.05) is 32.8 Å². The van der Waals surface area contributed by atoms with Gasteiger partial charge in [0.15, 0.2) is 0 Å². The molecule has 0 heterocycles. The van der Waals surface area contributed by atoms with Crippen molar-refractivity contribution in [2.24, 2.45) is 0 Å². The molecule has 3 nitrogen and oxygen atoms in total. The molecular weight excluding hydrogens is 247 g/mol. The molecule has 0 unspecified atom stereocenters. The van der Waals surface area contributed by atoms with Crippen molar-refractivity contribution < 1.29 is 40.9 Å². The van der Waals surface area contributed by atoms with Gasteiger partial charge >= 0.3 is 0 Å². The third-order valence-electron chi connectivity index (χ3n) is 1.01. The maximum atomic E-state index is 10.0. The summed E-state index contributed by atoms with van der Waals surface area (Å²) in [7, 11) is 0. The Morgan fingerprint density at radius 2 is 1.54 bits per heavy atom. The average molecular weight is 265 g/mol. The molecule has 0 aromatic heterocycles. The number of carbonyl (C=O) groups is 2. The van der Waals surface area contributed by atoms with Crippen LogP contribution in [-0.2, 0) is 35.8 Å². The minimum absolute atomic E-state index is 0. The van der Waals surface area contributed by atoms with E-state index in [4.69, 9.17) is 5.11 Å². The molecular formula is C9H18O3Zr. The van der Waals surface area contributed by atoms with E-state index in [0.717, 1.165) is 12.8 Å². The van der Waals surface area contributed by atoms with Gasteiger partial charge in [0.2, 0.25) is 0 Å². The van der Waals surface area contributed by atoms with Crippen LogP contribution in [0.5, 0.6) is 0 Å². The summed E-state index contributed by atoms with van der Waals surface area (Å²) in [4.78, 5) is 20.1. The Morgan fingerprint density at radius 1 is 1.15 bits per heavy atom. The van der Waals surface area contributed by atoms with Crippen LogP contribution in [0.3, 0.4) is 0 Å². The summed E-state index contributed by atoms with van der Waals surface area (Å²) >= 11 is 0. The van der Waals surface area contributed by atoms with E-state index in [1.54, 1.807) is 0 Å². The SMILES string of the molecule is CC(=O)CC(C)=O.CCCCO.[Zr]. The Labute approximate surface area is 99.0 Å². The number of hydrogen-bond donors (Lipinski definition) is 1. The number of unbranched alkanes of at least 4 members (excludes halogenated alkanes) is 1. The van der Waals surface area contributed by atoms with Crippen molar-refractivity contribution in [3.8, 4) is 0 Å². The fourth-order valence-corrected chi connectivity index (χ4v) is 0.509. The third kappa shape index (κ3) is 33.0. The summed E-state index contributed by atoms with van der Waals surface area (Å²) in [6.45, 7) is 5.20. The third-order valence-corrected chi connectivity index (χ3v) is 1.01. The largest absolute Gasteiger partial charge is 0.396 e. The Balaban J connectivity index is -0.000000150. The molecule has 0 radical (unpaired) electrons. The summed E-state index contributed by atoms with van der Waals surface area (Å²) in [5.41, 5.74) is 0. The van der Waals surface area contributed by atoms with Crippen molar-refractivity contribution >= 4 is 11.6 Å². The monoisotopic (exact) mass is 264 g/mol. The molecule has 0 aromatic rings. The number of carbonyl (C=O) groups excluding carboxylic acids is 2. The number of hydrogen-bond acceptors (Lipinski definition) is 3. The summed E-state index contributed by atoms with van der Waals surface area (Å²) in [5, 5.41) is 8.07. The normalized spacial score (nSPS) is 7.69. The fourth-order valence-electron chi connectivity index (χ4n) is 0.509. The van der Waals surface area contributed by atoms with E-state index in [2.05, 4.69) is 6.92 Å². The van der Waals surface area contributed by atoms with Gasteiger partial charge in [-0.15, -0.1) is 0 Å². The van der Waals surface area contributed by atoms with Crippen molar-refractivity contribution in [2.75, 3.05) is 6.61 Å². The minimum Gasteiger partial charge on any atom is -0.396 e. The Bertz CT molecular complexity index is 121. The van der Waals surface area contributed by atoms with Crippen LogP contribution in [0.1, 0.15) is 40.0 Å². The van der Waals surface area contributed by atoms with E-state index >= 15 is 0 Å². The molecule has 0 aliphatic carbocycles. The van der Waals surface area contributed by atoms with Crippen LogP contribution in [0.15, 0.2) is 0 Å². The van der Waals surface area contributed by atoms with Gasteiger partial charge in [-0.25, -0.2) is 0 Å². The van der Waals surface area contributed by atoms with Gasteiger partial charge in [0.25, 0.3) is 0 Å². The van der Waals surface area contributed by atoms with Crippen LogP contribution in [-0.4, -0.2) is 23.3 Å². The molecule has 76 valence electrons. The smallest absolute Gasteiger partial charge is 0.137 e. The van der Waals surface area contributed by atoms with E-state index in [0.29, 0.717) is 6.61 Å². The number of aliphatic hydroxyl groups excluding tert-OH is 1. The first kappa shape index (κ1) is 18.9. The topological polar surface area (TPSA) is 54.4 Å². The molecule has 1 N–H and O–H groups in total. The van der Waals surface area contributed by atoms with Crippen molar-refractivity contribution in [3.05, 3.63) is 0 Å². The van der Waals surface area contributed by atoms with Crippen molar-refractivity contribution in [1.29, 1.82) is 0 Å². The van der Waals surface area contributed by atoms with E-state index in [-0.39, 0.29) is 44.2 Å². The second kappa shape index (κ2) is 14.7. The van der Waals surface area contributed by atoms with E-state index < -0.39 is 0 Å². The zero-order valence-corrected chi connectivity index (χ0v) is 11.1. The molecule has 0 bridgehead atoms.